The molecule has 0 amide bonds. The van der Waals surface area contributed by atoms with Crippen molar-refractivity contribution >= 4 is 9.84 Å². The zero-order valence-electron chi connectivity index (χ0n) is 7.59. The minimum Gasteiger partial charge on any atom is -0.619 e. The summed E-state index contributed by atoms with van der Waals surface area (Å²) in [7, 11) is -2.96. The third-order valence-corrected chi connectivity index (χ3v) is 4.76. The van der Waals surface area contributed by atoms with Crippen molar-refractivity contribution in [1.29, 1.82) is 0 Å². The van der Waals surface area contributed by atoms with Crippen molar-refractivity contribution in [2.24, 2.45) is 0 Å². The van der Waals surface area contributed by atoms with Gasteiger partial charge in [-0.15, -0.1) is 0 Å². The molecule has 1 aliphatic rings. The van der Waals surface area contributed by atoms with Crippen molar-refractivity contribution in [2.75, 3.05) is 5.75 Å². The fraction of sp³-hybridized carbons (Fsp3) is 0.444. The second-order valence-electron chi connectivity index (χ2n) is 3.49. The number of aromatic nitrogens is 1. The van der Waals surface area contributed by atoms with Gasteiger partial charge in [0.15, 0.2) is 22.2 Å². The van der Waals surface area contributed by atoms with Crippen molar-refractivity contribution in [3.8, 4) is 0 Å². The van der Waals surface area contributed by atoms with Crippen molar-refractivity contribution in [3.05, 3.63) is 35.3 Å². The number of hydrogen-bond donors (Lipinski definition) is 0. The number of nitrogens with zero attached hydrogens (tertiary/aromatic N) is 1. The van der Waals surface area contributed by atoms with Crippen LogP contribution >= 0.6 is 0 Å². The summed E-state index contributed by atoms with van der Waals surface area (Å²) in [4.78, 5) is 0. The van der Waals surface area contributed by atoms with Gasteiger partial charge in [0.25, 0.3) is 0 Å². The number of sulfone groups is 1. The first kappa shape index (κ1) is 9.45. The Morgan fingerprint density at radius 1 is 1.36 bits per heavy atom. The van der Waals surface area contributed by atoms with E-state index in [1.807, 2.05) is 0 Å². The van der Waals surface area contributed by atoms with E-state index in [9.17, 15) is 13.6 Å². The van der Waals surface area contributed by atoms with Crippen LogP contribution in [-0.2, 0) is 9.84 Å². The molecule has 5 heteroatoms. The summed E-state index contributed by atoms with van der Waals surface area (Å²) < 4.78 is 23.8. The van der Waals surface area contributed by atoms with Crippen molar-refractivity contribution < 1.29 is 13.1 Å². The molecular weight excluding hydrogens is 202 g/mol. The van der Waals surface area contributed by atoms with E-state index in [0.717, 1.165) is 12.0 Å². The Morgan fingerprint density at radius 2 is 2.00 bits per heavy atom. The van der Waals surface area contributed by atoms with Gasteiger partial charge in [-0.3, -0.25) is 0 Å². The van der Waals surface area contributed by atoms with Crippen LogP contribution in [0, 0.1) is 5.21 Å². The molecule has 1 atom stereocenters. The zero-order chi connectivity index (χ0) is 10.2. The van der Waals surface area contributed by atoms with Crippen LogP contribution in [0.2, 0.25) is 0 Å². The van der Waals surface area contributed by atoms with Crippen molar-refractivity contribution in [3.63, 3.8) is 0 Å². The molecular formula is C9H11NO3S. The maximum absolute atomic E-state index is 11.6. The van der Waals surface area contributed by atoms with Crippen LogP contribution in [0.1, 0.15) is 23.7 Å². The smallest absolute Gasteiger partial charge is 0.180 e. The average Bonchev–Trinajstić information content (AvgIpc) is 2.47. The summed E-state index contributed by atoms with van der Waals surface area (Å²) in [6.07, 6.45) is 4.07. The Bertz CT molecular complexity index is 424. The highest BCUT2D eigenvalue weighted by molar-refractivity contribution is 7.91. The van der Waals surface area contributed by atoms with E-state index in [0.29, 0.717) is 11.2 Å². The molecule has 1 aromatic rings. The Hall–Kier alpha value is -1.10. The molecule has 0 spiro atoms. The first-order valence-electron chi connectivity index (χ1n) is 4.50. The van der Waals surface area contributed by atoms with Crippen LogP contribution in [0.5, 0.6) is 0 Å². The molecule has 0 bridgehead atoms. The predicted molar refractivity (Wildman–Crippen MR) is 51.2 cm³/mol. The second kappa shape index (κ2) is 3.24. The third-order valence-electron chi connectivity index (χ3n) is 2.53. The summed E-state index contributed by atoms with van der Waals surface area (Å²) in [5, 5.41) is 10.4. The minimum absolute atomic E-state index is 0.268. The highest BCUT2D eigenvalue weighted by Crippen LogP contribution is 2.33. The van der Waals surface area contributed by atoms with Crippen molar-refractivity contribution in [1.82, 2.24) is 0 Å². The van der Waals surface area contributed by atoms with Crippen LogP contribution in [0.15, 0.2) is 24.5 Å². The summed E-state index contributed by atoms with van der Waals surface area (Å²) in [5.41, 5.74) is 0.731. The Morgan fingerprint density at radius 3 is 2.50 bits per heavy atom. The van der Waals surface area contributed by atoms with Gasteiger partial charge in [0.05, 0.1) is 11.0 Å². The van der Waals surface area contributed by atoms with Gasteiger partial charge in [-0.1, -0.05) is 0 Å². The molecule has 0 aliphatic carbocycles. The topological polar surface area (TPSA) is 61.1 Å². The lowest BCUT2D eigenvalue weighted by atomic mass is 10.1. The van der Waals surface area contributed by atoms with Crippen LogP contribution < -0.4 is 4.73 Å². The SMILES string of the molecule is O=S1(=O)CCC[C@H]1c1cc[n+]([O-])cc1. The second-order valence-corrected chi connectivity index (χ2v) is 5.79. The van der Waals surface area contributed by atoms with Gasteiger partial charge in [-0.05, 0) is 18.4 Å². The van der Waals surface area contributed by atoms with E-state index in [1.165, 1.54) is 12.4 Å². The highest BCUT2D eigenvalue weighted by atomic mass is 32.2. The van der Waals surface area contributed by atoms with Crippen LogP contribution in [0.4, 0.5) is 0 Å². The number of pyridine rings is 1. The van der Waals surface area contributed by atoms with E-state index in [1.54, 1.807) is 12.1 Å². The quantitative estimate of drug-likeness (QED) is 0.506. The summed E-state index contributed by atoms with van der Waals surface area (Å²) in [5.74, 6) is 0.268. The third kappa shape index (κ3) is 1.59. The maximum atomic E-state index is 11.6. The average molecular weight is 213 g/mol. The first-order valence-corrected chi connectivity index (χ1v) is 6.21. The molecule has 1 aromatic heterocycles. The van der Waals surface area contributed by atoms with Crippen molar-refractivity contribution in [2.45, 2.75) is 18.1 Å². The normalized spacial score (nSPS) is 25.0. The zero-order valence-corrected chi connectivity index (χ0v) is 8.40. The minimum atomic E-state index is -2.96. The molecule has 14 heavy (non-hydrogen) atoms. The Labute approximate surface area is 82.7 Å². The fourth-order valence-corrected chi connectivity index (χ4v) is 3.76. The summed E-state index contributed by atoms with van der Waals surface area (Å²) in [6.45, 7) is 0. The summed E-state index contributed by atoms with van der Waals surface area (Å²) >= 11 is 0. The molecule has 0 aromatic carbocycles. The lowest BCUT2D eigenvalue weighted by Crippen LogP contribution is -2.24. The van der Waals surface area contributed by atoms with Gasteiger partial charge < -0.3 is 5.21 Å². The fourth-order valence-electron chi connectivity index (χ4n) is 1.80. The molecule has 76 valence electrons. The van der Waals surface area contributed by atoms with Gasteiger partial charge in [-0.25, -0.2) is 8.42 Å². The Balaban J connectivity index is 2.36. The molecule has 0 unspecified atom stereocenters. The lowest BCUT2D eigenvalue weighted by molar-refractivity contribution is -0.605. The number of hydrogen-bond acceptors (Lipinski definition) is 3. The van der Waals surface area contributed by atoms with Gasteiger partial charge in [0.1, 0.15) is 0 Å². The molecule has 0 N–H and O–H groups in total. The molecule has 0 radical (unpaired) electrons. The molecule has 2 heterocycles. The lowest BCUT2D eigenvalue weighted by Gasteiger charge is -2.08. The molecule has 1 aliphatic heterocycles. The highest BCUT2D eigenvalue weighted by Gasteiger charge is 2.32. The van der Waals surface area contributed by atoms with E-state index in [4.69, 9.17) is 0 Å². The Kier molecular flexibility index (Phi) is 2.19. The maximum Gasteiger partial charge on any atom is 0.180 e. The van der Waals surface area contributed by atoms with Crippen LogP contribution in [-0.4, -0.2) is 14.2 Å². The molecule has 1 fully saturated rings. The van der Waals surface area contributed by atoms with Crippen LogP contribution in [0.3, 0.4) is 0 Å². The van der Waals surface area contributed by atoms with E-state index < -0.39 is 15.1 Å². The van der Waals surface area contributed by atoms with Crippen LogP contribution in [0.25, 0.3) is 0 Å². The molecule has 1 saturated heterocycles. The van der Waals surface area contributed by atoms with E-state index >= 15 is 0 Å². The van der Waals surface area contributed by atoms with Gasteiger partial charge in [-0.2, -0.15) is 4.73 Å². The monoisotopic (exact) mass is 213 g/mol. The van der Waals surface area contributed by atoms with E-state index in [-0.39, 0.29) is 5.75 Å². The standard InChI is InChI=1S/C9H11NO3S/c11-10-5-3-8(4-6-10)9-2-1-7-14(9,12)13/h3-6,9H,1-2,7H2/t9-/m0/s1. The predicted octanol–water partition coefficient (Wildman–Crippen LogP) is 0.570. The molecule has 4 nitrogen and oxygen atoms in total. The summed E-state index contributed by atoms with van der Waals surface area (Å²) in [6, 6.07) is 3.17. The van der Waals surface area contributed by atoms with Gasteiger partial charge >= 0.3 is 0 Å². The molecule has 0 saturated carbocycles. The van der Waals surface area contributed by atoms with E-state index in [2.05, 4.69) is 0 Å². The number of rotatable bonds is 1. The first-order chi connectivity index (χ1) is 6.59. The van der Waals surface area contributed by atoms with Gasteiger partial charge in [0.2, 0.25) is 0 Å². The largest absolute Gasteiger partial charge is 0.619 e. The van der Waals surface area contributed by atoms with Gasteiger partial charge in [0, 0.05) is 12.1 Å². The molecule has 2 rings (SSSR count).